The molecule has 3 aromatic rings. The number of pyridine rings is 1. The van der Waals surface area contributed by atoms with Crippen molar-refractivity contribution in [3.8, 4) is 11.1 Å². The Hall–Kier alpha value is -3.11. The molecule has 4 rings (SSSR count). The second kappa shape index (κ2) is 9.14. The maximum atomic E-state index is 11.5. The highest BCUT2D eigenvalue weighted by molar-refractivity contribution is 6.31. The lowest BCUT2D eigenvalue weighted by atomic mass is 10.0. The van der Waals surface area contributed by atoms with Crippen molar-refractivity contribution in [2.75, 3.05) is 31.1 Å². The van der Waals surface area contributed by atoms with Gasteiger partial charge in [0.15, 0.2) is 0 Å². The van der Waals surface area contributed by atoms with Gasteiger partial charge in [0, 0.05) is 61.8 Å². The van der Waals surface area contributed by atoms with Crippen molar-refractivity contribution in [1.29, 1.82) is 0 Å². The maximum Gasteiger partial charge on any atom is 0.219 e. The van der Waals surface area contributed by atoms with E-state index in [0.717, 1.165) is 48.4 Å². The van der Waals surface area contributed by atoms with Crippen LogP contribution in [0.2, 0.25) is 5.02 Å². The van der Waals surface area contributed by atoms with Gasteiger partial charge in [-0.1, -0.05) is 42.0 Å². The summed E-state index contributed by atoms with van der Waals surface area (Å²) in [5, 5.41) is 0.705. The summed E-state index contributed by atoms with van der Waals surface area (Å²) in [7, 11) is 0. The maximum absolute atomic E-state index is 11.5. The molecule has 0 bridgehead atoms. The van der Waals surface area contributed by atoms with Crippen LogP contribution in [0.5, 0.6) is 0 Å². The van der Waals surface area contributed by atoms with Crippen LogP contribution in [0, 0.1) is 0 Å². The molecule has 152 valence electrons. The average molecular weight is 418 g/mol. The second-order valence-electron chi connectivity index (χ2n) is 7.43. The Labute approximate surface area is 182 Å². The zero-order chi connectivity index (χ0) is 20.9. The zero-order valence-electron chi connectivity index (χ0n) is 17.0. The molecule has 30 heavy (non-hydrogen) atoms. The predicted molar refractivity (Wildman–Crippen MR) is 125 cm³/mol. The molecule has 0 aliphatic carbocycles. The molecule has 2 heterocycles. The van der Waals surface area contributed by atoms with Crippen molar-refractivity contribution in [3.05, 3.63) is 83.1 Å². The average Bonchev–Trinajstić information content (AvgIpc) is 2.78. The first kappa shape index (κ1) is 20.2. The van der Waals surface area contributed by atoms with E-state index in [-0.39, 0.29) is 5.91 Å². The minimum Gasteiger partial charge on any atom is -0.368 e. The Kier molecular flexibility index (Phi) is 6.15. The van der Waals surface area contributed by atoms with E-state index in [4.69, 9.17) is 11.6 Å². The van der Waals surface area contributed by atoms with Crippen LogP contribution in [-0.4, -0.2) is 42.0 Å². The number of hydrogen-bond donors (Lipinski definition) is 0. The van der Waals surface area contributed by atoms with Crippen LogP contribution in [0.15, 0.2) is 67.0 Å². The summed E-state index contributed by atoms with van der Waals surface area (Å²) in [6.07, 6.45) is 7.78. The topological polar surface area (TPSA) is 36.4 Å². The Bertz CT molecular complexity index is 1040. The van der Waals surface area contributed by atoms with Gasteiger partial charge in [-0.25, -0.2) is 0 Å². The van der Waals surface area contributed by atoms with Gasteiger partial charge in [0.05, 0.1) is 0 Å². The molecular formula is C25H24ClN3O. The number of hydrogen-bond acceptors (Lipinski definition) is 3. The van der Waals surface area contributed by atoms with E-state index in [0.29, 0.717) is 5.02 Å². The third kappa shape index (κ3) is 4.89. The van der Waals surface area contributed by atoms with Crippen LogP contribution in [0.3, 0.4) is 0 Å². The molecule has 1 aliphatic heterocycles. The molecule has 1 fully saturated rings. The number of carbonyl (C=O) groups excluding carboxylic acids is 1. The number of amides is 1. The van der Waals surface area contributed by atoms with Crippen LogP contribution in [0.1, 0.15) is 18.1 Å². The highest BCUT2D eigenvalue weighted by Gasteiger charge is 2.18. The second-order valence-corrected chi connectivity index (χ2v) is 7.87. The fraction of sp³-hybridized carbons (Fsp3) is 0.200. The number of piperazine rings is 1. The molecule has 0 saturated carbocycles. The Morgan fingerprint density at radius 1 is 0.933 bits per heavy atom. The molecule has 0 N–H and O–H groups in total. The van der Waals surface area contributed by atoms with E-state index < -0.39 is 0 Å². The molecule has 0 atom stereocenters. The summed E-state index contributed by atoms with van der Waals surface area (Å²) >= 11 is 6.33. The van der Waals surface area contributed by atoms with Crippen LogP contribution in [0.25, 0.3) is 23.3 Å². The van der Waals surface area contributed by atoms with E-state index in [1.807, 2.05) is 35.4 Å². The smallest absolute Gasteiger partial charge is 0.219 e. The van der Waals surface area contributed by atoms with E-state index in [1.165, 1.54) is 5.69 Å². The molecule has 5 heteroatoms. The highest BCUT2D eigenvalue weighted by Crippen LogP contribution is 2.25. The fourth-order valence-electron chi connectivity index (χ4n) is 3.68. The normalized spacial score (nSPS) is 14.3. The van der Waals surface area contributed by atoms with Crippen LogP contribution in [-0.2, 0) is 4.79 Å². The molecule has 1 aromatic heterocycles. The minimum atomic E-state index is 0.155. The van der Waals surface area contributed by atoms with Crippen molar-refractivity contribution < 1.29 is 4.79 Å². The van der Waals surface area contributed by atoms with Gasteiger partial charge >= 0.3 is 0 Å². The molecule has 4 nitrogen and oxygen atoms in total. The number of rotatable bonds is 4. The molecule has 2 aromatic carbocycles. The summed E-state index contributed by atoms with van der Waals surface area (Å²) in [4.78, 5) is 19.9. The Morgan fingerprint density at radius 2 is 1.67 bits per heavy atom. The summed E-state index contributed by atoms with van der Waals surface area (Å²) in [5.41, 5.74) is 5.46. The number of carbonyl (C=O) groups is 1. The van der Waals surface area contributed by atoms with Gasteiger partial charge in [-0.05, 0) is 53.1 Å². The van der Waals surface area contributed by atoms with E-state index in [1.54, 1.807) is 13.1 Å². The monoisotopic (exact) mass is 417 g/mol. The first-order chi connectivity index (χ1) is 14.6. The summed E-state index contributed by atoms with van der Waals surface area (Å²) in [6, 6.07) is 18.5. The molecule has 0 unspecified atom stereocenters. The summed E-state index contributed by atoms with van der Waals surface area (Å²) in [6.45, 7) is 4.94. The predicted octanol–water partition coefficient (Wildman–Crippen LogP) is 5.24. The number of anilines is 1. The van der Waals surface area contributed by atoms with Crippen LogP contribution < -0.4 is 4.90 Å². The third-order valence-electron chi connectivity index (χ3n) is 5.37. The molecule has 1 amide bonds. The first-order valence-corrected chi connectivity index (χ1v) is 10.5. The first-order valence-electron chi connectivity index (χ1n) is 10.1. The quantitative estimate of drug-likeness (QED) is 0.544. The highest BCUT2D eigenvalue weighted by atomic mass is 35.5. The SMILES string of the molecule is CC(=O)N1CCN(c2ccc(C=Cc3cc(Cl)cc(-c4cccnc4)c3)cc2)CC1. The van der Waals surface area contributed by atoms with Gasteiger partial charge in [0.2, 0.25) is 5.91 Å². The lowest BCUT2D eigenvalue weighted by molar-refractivity contribution is -0.129. The molecular weight excluding hydrogens is 394 g/mol. The number of aromatic nitrogens is 1. The van der Waals surface area contributed by atoms with E-state index in [2.05, 4.69) is 52.4 Å². The number of nitrogens with zero attached hydrogens (tertiary/aromatic N) is 3. The molecule has 0 radical (unpaired) electrons. The molecule has 0 spiro atoms. The van der Waals surface area contributed by atoms with Crippen molar-refractivity contribution in [1.82, 2.24) is 9.88 Å². The minimum absolute atomic E-state index is 0.155. The molecule has 1 aliphatic rings. The zero-order valence-corrected chi connectivity index (χ0v) is 17.7. The third-order valence-corrected chi connectivity index (χ3v) is 5.58. The van der Waals surface area contributed by atoms with Gasteiger partial charge in [-0.2, -0.15) is 0 Å². The standard InChI is InChI=1S/C25H24ClN3O/c1-19(30)28-11-13-29(14-12-28)25-8-6-20(7-9-25)4-5-21-15-23(17-24(26)16-21)22-3-2-10-27-18-22/h2-10,15-18H,11-14H2,1H3. The van der Waals surface area contributed by atoms with Gasteiger partial charge in [0.1, 0.15) is 0 Å². The summed E-state index contributed by atoms with van der Waals surface area (Å²) in [5.74, 6) is 0.155. The van der Waals surface area contributed by atoms with Gasteiger partial charge in [0.25, 0.3) is 0 Å². The van der Waals surface area contributed by atoms with Gasteiger partial charge in [-0.15, -0.1) is 0 Å². The Balaban J connectivity index is 1.45. The van der Waals surface area contributed by atoms with Crippen molar-refractivity contribution in [2.24, 2.45) is 0 Å². The lowest BCUT2D eigenvalue weighted by Crippen LogP contribution is -2.48. The van der Waals surface area contributed by atoms with Gasteiger partial charge in [-0.3, -0.25) is 9.78 Å². The Morgan fingerprint density at radius 3 is 2.33 bits per heavy atom. The number of halogens is 1. The van der Waals surface area contributed by atoms with Crippen LogP contribution in [0.4, 0.5) is 5.69 Å². The largest absolute Gasteiger partial charge is 0.368 e. The van der Waals surface area contributed by atoms with E-state index >= 15 is 0 Å². The van der Waals surface area contributed by atoms with E-state index in [9.17, 15) is 4.79 Å². The molecule has 1 saturated heterocycles. The number of benzene rings is 2. The van der Waals surface area contributed by atoms with Crippen LogP contribution >= 0.6 is 11.6 Å². The van der Waals surface area contributed by atoms with Gasteiger partial charge < -0.3 is 9.80 Å². The van der Waals surface area contributed by atoms with Crippen molar-refractivity contribution in [2.45, 2.75) is 6.92 Å². The fourth-order valence-corrected chi connectivity index (χ4v) is 3.92. The lowest BCUT2D eigenvalue weighted by Gasteiger charge is -2.35. The summed E-state index contributed by atoms with van der Waals surface area (Å²) < 4.78 is 0. The van der Waals surface area contributed by atoms with Crippen molar-refractivity contribution in [3.63, 3.8) is 0 Å². The van der Waals surface area contributed by atoms with Crippen molar-refractivity contribution >= 4 is 35.3 Å².